The Hall–Kier alpha value is -3.02. The van der Waals surface area contributed by atoms with Crippen molar-refractivity contribution in [2.24, 2.45) is 0 Å². The molecule has 0 spiro atoms. The Bertz CT molecular complexity index is 984. The number of nitrogens with zero attached hydrogens (tertiary/aromatic N) is 1. The van der Waals surface area contributed by atoms with Gasteiger partial charge in [0.25, 0.3) is 0 Å². The summed E-state index contributed by atoms with van der Waals surface area (Å²) in [4.78, 5) is 26.0. The van der Waals surface area contributed by atoms with Crippen LogP contribution in [-0.4, -0.2) is 45.4 Å². The third-order valence-corrected chi connectivity index (χ3v) is 6.54. The highest BCUT2D eigenvalue weighted by atomic mass is 16.5. The van der Waals surface area contributed by atoms with E-state index >= 15 is 0 Å². The summed E-state index contributed by atoms with van der Waals surface area (Å²) < 4.78 is 16.2. The lowest BCUT2D eigenvalue weighted by atomic mass is 9.96. The van der Waals surface area contributed by atoms with Crippen LogP contribution < -0.4 is 9.64 Å². The highest BCUT2D eigenvalue weighted by Gasteiger charge is 2.13. The average molecular weight is 586 g/mol. The minimum atomic E-state index is -0.201. The van der Waals surface area contributed by atoms with Crippen LogP contribution in [0.1, 0.15) is 109 Å². The number of ether oxygens (including phenoxy) is 3. The summed E-state index contributed by atoms with van der Waals surface area (Å²) in [7, 11) is 2.17. The lowest BCUT2D eigenvalue weighted by Crippen LogP contribution is -2.18. The van der Waals surface area contributed by atoms with Crippen LogP contribution in [0.3, 0.4) is 0 Å². The first kappa shape index (κ1) is 39.0. The van der Waals surface area contributed by atoms with E-state index in [-0.39, 0.29) is 11.9 Å². The van der Waals surface area contributed by atoms with Gasteiger partial charge >= 0.3 is 11.9 Å². The molecule has 0 saturated carbocycles. The molecule has 2 aromatic rings. The Labute approximate surface area is 257 Å². The first-order valence-electron chi connectivity index (χ1n) is 16.2. The SMILES string of the molecule is CC.CC.CCOC(=O)CCCOc1cccc(CCCCCCN(C)c2cc(C)cc(C)c2)c1CCC(=O)OCC. The van der Waals surface area contributed by atoms with Crippen LogP contribution in [0.5, 0.6) is 5.75 Å². The fourth-order valence-corrected chi connectivity index (χ4v) is 4.67. The number of anilines is 1. The number of rotatable bonds is 18. The molecule has 2 rings (SSSR count). The number of hydrogen-bond acceptors (Lipinski definition) is 6. The Kier molecular flexibility index (Phi) is 22.8. The van der Waals surface area contributed by atoms with Gasteiger partial charge in [-0.2, -0.15) is 0 Å². The van der Waals surface area contributed by atoms with Crippen molar-refractivity contribution in [2.45, 2.75) is 113 Å². The fraction of sp³-hybridized carbons (Fsp3) is 0.611. The number of esters is 2. The van der Waals surface area contributed by atoms with E-state index in [4.69, 9.17) is 14.2 Å². The topological polar surface area (TPSA) is 65.1 Å². The lowest BCUT2D eigenvalue weighted by Gasteiger charge is -2.20. The van der Waals surface area contributed by atoms with E-state index in [2.05, 4.69) is 50.1 Å². The van der Waals surface area contributed by atoms with Crippen LogP contribution in [0.15, 0.2) is 36.4 Å². The molecule has 0 radical (unpaired) electrons. The molecule has 0 amide bonds. The molecular weight excluding hydrogens is 526 g/mol. The van der Waals surface area contributed by atoms with E-state index in [9.17, 15) is 9.59 Å². The number of carbonyl (C=O) groups excluding carboxylic acids is 2. The van der Waals surface area contributed by atoms with E-state index < -0.39 is 0 Å². The zero-order valence-electron chi connectivity index (χ0n) is 28.1. The summed E-state index contributed by atoms with van der Waals surface area (Å²) in [6.07, 6.45) is 7.37. The first-order chi connectivity index (χ1) is 20.3. The molecule has 6 heteroatoms. The van der Waals surface area contributed by atoms with Gasteiger partial charge in [-0.3, -0.25) is 9.59 Å². The fourth-order valence-electron chi connectivity index (χ4n) is 4.67. The molecule has 0 bridgehead atoms. The van der Waals surface area contributed by atoms with Gasteiger partial charge < -0.3 is 19.1 Å². The maximum atomic E-state index is 12.0. The number of unbranched alkanes of at least 4 members (excludes halogenated alkanes) is 3. The summed E-state index contributed by atoms with van der Waals surface area (Å²) in [5.74, 6) is 0.404. The van der Waals surface area contributed by atoms with E-state index in [1.807, 2.05) is 46.8 Å². The summed E-state index contributed by atoms with van der Waals surface area (Å²) in [6, 6.07) is 12.8. The van der Waals surface area contributed by atoms with Crippen molar-refractivity contribution >= 4 is 17.6 Å². The Balaban J connectivity index is 0.00000402. The monoisotopic (exact) mass is 585 g/mol. The van der Waals surface area contributed by atoms with Gasteiger partial charge in [0.2, 0.25) is 0 Å². The van der Waals surface area contributed by atoms with Gasteiger partial charge in [0.15, 0.2) is 0 Å². The number of hydrogen-bond donors (Lipinski definition) is 0. The van der Waals surface area contributed by atoms with Gasteiger partial charge in [-0.25, -0.2) is 0 Å². The molecule has 42 heavy (non-hydrogen) atoms. The maximum absolute atomic E-state index is 12.0. The second kappa shape index (κ2) is 24.6. The molecule has 0 heterocycles. The smallest absolute Gasteiger partial charge is 0.306 e. The molecule has 0 aliphatic rings. The van der Waals surface area contributed by atoms with Crippen molar-refractivity contribution in [2.75, 3.05) is 38.3 Å². The van der Waals surface area contributed by atoms with Crippen molar-refractivity contribution in [3.63, 3.8) is 0 Å². The van der Waals surface area contributed by atoms with Gasteiger partial charge in [-0.1, -0.05) is 58.7 Å². The standard InChI is InChI=1S/C32H47NO5.2C2H6/c1-6-36-31(34)17-13-21-38-30-16-12-15-27(29(30)18-19-32(35)37-7-2)14-10-8-9-11-20-33(5)28-23-25(3)22-26(4)24-28;2*1-2/h12,15-16,22-24H,6-11,13-14,17-21H2,1-5H3;2*1-2H3. The number of aryl methyl sites for hydroxylation is 3. The van der Waals surface area contributed by atoms with Gasteiger partial charge in [0.05, 0.1) is 19.8 Å². The third-order valence-electron chi connectivity index (χ3n) is 6.54. The summed E-state index contributed by atoms with van der Waals surface area (Å²) in [5.41, 5.74) is 6.19. The van der Waals surface area contributed by atoms with E-state index in [0.717, 1.165) is 43.5 Å². The van der Waals surface area contributed by atoms with E-state index in [1.165, 1.54) is 28.8 Å². The van der Waals surface area contributed by atoms with Crippen LogP contribution in [0.2, 0.25) is 0 Å². The second-order valence-corrected chi connectivity index (χ2v) is 9.89. The Morgan fingerprint density at radius 1 is 0.738 bits per heavy atom. The molecule has 0 aliphatic heterocycles. The van der Waals surface area contributed by atoms with Gasteiger partial charge in [0.1, 0.15) is 5.75 Å². The van der Waals surface area contributed by atoms with Crippen LogP contribution >= 0.6 is 0 Å². The molecular formula is C36H59NO5. The van der Waals surface area contributed by atoms with E-state index in [0.29, 0.717) is 45.5 Å². The molecule has 238 valence electrons. The number of carbonyl (C=O) groups is 2. The third kappa shape index (κ3) is 16.4. The van der Waals surface area contributed by atoms with Crippen LogP contribution in [0, 0.1) is 13.8 Å². The molecule has 0 saturated heterocycles. The zero-order valence-corrected chi connectivity index (χ0v) is 28.1. The predicted molar refractivity (Wildman–Crippen MR) is 177 cm³/mol. The van der Waals surface area contributed by atoms with Crippen LogP contribution in [0.4, 0.5) is 5.69 Å². The van der Waals surface area contributed by atoms with Gasteiger partial charge in [0, 0.05) is 32.1 Å². The normalized spacial score (nSPS) is 10.0. The average Bonchev–Trinajstić information content (AvgIpc) is 2.98. The van der Waals surface area contributed by atoms with Crippen molar-refractivity contribution in [1.82, 2.24) is 0 Å². The van der Waals surface area contributed by atoms with E-state index in [1.54, 1.807) is 6.92 Å². The summed E-state index contributed by atoms with van der Waals surface area (Å²) >= 11 is 0. The molecule has 0 atom stereocenters. The minimum Gasteiger partial charge on any atom is -0.493 e. The van der Waals surface area contributed by atoms with Crippen molar-refractivity contribution in [3.05, 3.63) is 58.7 Å². The van der Waals surface area contributed by atoms with Crippen molar-refractivity contribution < 1.29 is 23.8 Å². The number of benzene rings is 2. The zero-order chi connectivity index (χ0) is 31.8. The Morgan fingerprint density at radius 2 is 1.33 bits per heavy atom. The quantitative estimate of drug-likeness (QED) is 0.129. The highest BCUT2D eigenvalue weighted by molar-refractivity contribution is 5.70. The first-order valence-corrected chi connectivity index (χ1v) is 16.2. The maximum Gasteiger partial charge on any atom is 0.306 e. The van der Waals surface area contributed by atoms with Crippen molar-refractivity contribution in [1.29, 1.82) is 0 Å². The van der Waals surface area contributed by atoms with Gasteiger partial charge in [-0.05, 0) is 100 Å². The lowest BCUT2D eigenvalue weighted by molar-refractivity contribution is -0.144. The largest absolute Gasteiger partial charge is 0.493 e. The van der Waals surface area contributed by atoms with Gasteiger partial charge in [-0.15, -0.1) is 0 Å². The summed E-state index contributed by atoms with van der Waals surface area (Å²) in [5, 5.41) is 0. The summed E-state index contributed by atoms with van der Waals surface area (Å²) in [6.45, 7) is 18.2. The van der Waals surface area contributed by atoms with Crippen LogP contribution in [0.25, 0.3) is 0 Å². The second-order valence-electron chi connectivity index (χ2n) is 9.89. The molecule has 0 N–H and O–H groups in total. The Morgan fingerprint density at radius 3 is 1.95 bits per heavy atom. The predicted octanol–water partition coefficient (Wildman–Crippen LogP) is 8.81. The molecule has 2 aromatic carbocycles. The minimum absolute atomic E-state index is 0.191. The highest BCUT2D eigenvalue weighted by Crippen LogP contribution is 2.27. The van der Waals surface area contributed by atoms with Crippen molar-refractivity contribution in [3.8, 4) is 5.75 Å². The molecule has 0 aromatic heterocycles. The molecule has 0 fully saturated rings. The molecule has 0 unspecified atom stereocenters. The van der Waals surface area contributed by atoms with Crippen LogP contribution in [-0.2, 0) is 31.9 Å². The molecule has 6 nitrogen and oxygen atoms in total. The molecule has 0 aliphatic carbocycles.